The van der Waals surface area contributed by atoms with Crippen molar-refractivity contribution in [2.45, 2.75) is 25.9 Å². The maximum atomic E-state index is 12.9. The van der Waals surface area contributed by atoms with Gasteiger partial charge in [-0.2, -0.15) is 13.2 Å². The van der Waals surface area contributed by atoms with Crippen molar-refractivity contribution in [3.8, 4) is 0 Å². The van der Waals surface area contributed by atoms with Gasteiger partial charge in [0.05, 0.1) is 5.56 Å². The number of likely N-dealkylation sites (tertiary alicyclic amines) is 1. The second-order valence-electron chi connectivity index (χ2n) is 5.99. The molecular weight excluding hydrogens is 319 g/mol. The zero-order valence-electron chi connectivity index (χ0n) is 14.0. The van der Waals surface area contributed by atoms with Crippen molar-refractivity contribution < 1.29 is 13.2 Å². The third-order valence-electron chi connectivity index (χ3n) is 3.98. The molecule has 24 heavy (non-hydrogen) atoms. The van der Waals surface area contributed by atoms with Gasteiger partial charge in [0.2, 0.25) is 0 Å². The van der Waals surface area contributed by atoms with E-state index in [1.165, 1.54) is 18.7 Å². The number of anilines is 1. The first-order valence-electron chi connectivity index (χ1n) is 8.13. The van der Waals surface area contributed by atoms with Crippen LogP contribution in [0.1, 0.15) is 25.3 Å². The molecule has 5 nitrogen and oxygen atoms in total. The Morgan fingerprint density at radius 2 is 2.21 bits per heavy atom. The number of guanidine groups is 1. The lowest BCUT2D eigenvalue weighted by atomic mass is 10.0. The third kappa shape index (κ3) is 5.01. The van der Waals surface area contributed by atoms with Crippen LogP contribution in [-0.4, -0.2) is 49.1 Å². The highest BCUT2D eigenvalue weighted by atomic mass is 19.4. The molecule has 1 atom stereocenters. The van der Waals surface area contributed by atoms with E-state index in [0.29, 0.717) is 19.0 Å². The summed E-state index contributed by atoms with van der Waals surface area (Å²) in [6.07, 6.45) is -0.721. The summed E-state index contributed by atoms with van der Waals surface area (Å²) in [7, 11) is 1.72. The number of halogens is 3. The van der Waals surface area contributed by atoms with Crippen LogP contribution in [0.5, 0.6) is 0 Å². The number of nitrogens with one attached hydrogen (secondary N) is 2. The van der Waals surface area contributed by atoms with Crippen LogP contribution in [0, 0.1) is 5.92 Å². The highest BCUT2D eigenvalue weighted by Crippen LogP contribution is 2.33. The Morgan fingerprint density at radius 1 is 1.42 bits per heavy atom. The van der Waals surface area contributed by atoms with Crippen molar-refractivity contribution >= 4 is 11.8 Å². The lowest BCUT2D eigenvalue weighted by Crippen LogP contribution is -2.47. The molecule has 1 fully saturated rings. The van der Waals surface area contributed by atoms with Crippen LogP contribution in [0.15, 0.2) is 23.3 Å². The Bertz CT molecular complexity index is 559. The summed E-state index contributed by atoms with van der Waals surface area (Å²) in [6.45, 7) is 4.90. The molecule has 2 heterocycles. The van der Waals surface area contributed by atoms with E-state index in [4.69, 9.17) is 0 Å². The molecular formula is C16H24F3N5. The number of rotatable bonds is 4. The van der Waals surface area contributed by atoms with Crippen molar-refractivity contribution in [3.05, 3.63) is 23.9 Å². The molecule has 0 aromatic carbocycles. The molecule has 0 saturated carbocycles. The molecule has 0 spiro atoms. The van der Waals surface area contributed by atoms with Gasteiger partial charge in [0, 0.05) is 39.4 Å². The van der Waals surface area contributed by atoms with E-state index in [0.717, 1.165) is 31.5 Å². The van der Waals surface area contributed by atoms with E-state index >= 15 is 0 Å². The summed E-state index contributed by atoms with van der Waals surface area (Å²) in [5.74, 6) is 1.27. The average molecular weight is 343 g/mol. The first-order valence-corrected chi connectivity index (χ1v) is 8.13. The van der Waals surface area contributed by atoms with E-state index in [-0.39, 0.29) is 5.82 Å². The molecule has 0 radical (unpaired) electrons. The number of piperidine rings is 1. The zero-order chi connectivity index (χ0) is 17.6. The van der Waals surface area contributed by atoms with Crippen LogP contribution in [0.2, 0.25) is 0 Å². The number of pyridine rings is 1. The molecule has 1 aliphatic heterocycles. The quantitative estimate of drug-likeness (QED) is 0.501. The average Bonchev–Trinajstić information content (AvgIpc) is 2.54. The highest BCUT2D eigenvalue weighted by molar-refractivity contribution is 5.80. The van der Waals surface area contributed by atoms with Crippen LogP contribution in [0.25, 0.3) is 0 Å². The van der Waals surface area contributed by atoms with Gasteiger partial charge >= 0.3 is 6.18 Å². The van der Waals surface area contributed by atoms with E-state index in [1.54, 1.807) is 7.05 Å². The summed E-state index contributed by atoms with van der Waals surface area (Å²) < 4.78 is 38.7. The number of hydrogen-bond donors (Lipinski definition) is 2. The molecule has 0 amide bonds. The maximum Gasteiger partial charge on any atom is 0.419 e. The van der Waals surface area contributed by atoms with Crippen molar-refractivity contribution in [2.75, 3.05) is 38.5 Å². The second-order valence-corrected chi connectivity index (χ2v) is 5.99. The molecule has 2 N–H and O–H groups in total. The molecule has 134 valence electrons. The molecule has 1 aromatic heterocycles. The minimum Gasteiger partial charge on any atom is -0.368 e. The lowest BCUT2D eigenvalue weighted by Gasteiger charge is -2.33. The van der Waals surface area contributed by atoms with Gasteiger partial charge in [0.15, 0.2) is 5.96 Å². The molecule has 1 unspecified atom stereocenters. The van der Waals surface area contributed by atoms with Crippen LogP contribution in [0.3, 0.4) is 0 Å². The fourth-order valence-electron chi connectivity index (χ4n) is 2.84. The topological polar surface area (TPSA) is 52.6 Å². The van der Waals surface area contributed by atoms with Crippen molar-refractivity contribution in [2.24, 2.45) is 10.9 Å². The van der Waals surface area contributed by atoms with Gasteiger partial charge in [0.1, 0.15) is 5.82 Å². The second kappa shape index (κ2) is 8.21. The van der Waals surface area contributed by atoms with Gasteiger partial charge < -0.3 is 15.5 Å². The number of aromatic nitrogens is 1. The zero-order valence-corrected chi connectivity index (χ0v) is 14.0. The monoisotopic (exact) mass is 343 g/mol. The summed E-state index contributed by atoms with van der Waals surface area (Å²) >= 11 is 0. The summed E-state index contributed by atoms with van der Waals surface area (Å²) in [6, 6.07) is 2.31. The summed E-state index contributed by atoms with van der Waals surface area (Å²) in [5.41, 5.74) is -0.751. The Balaban J connectivity index is 1.84. The van der Waals surface area contributed by atoms with E-state index in [1.807, 2.05) is 0 Å². The first kappa shape index (κ1) is 18.4. The Hall–Kier alpha value is -1.99. The Labute approximate surface area is 140 Å². The molecule has 2 rings (SSSR count). The van der Waals surface area contributed by atoms with Crippen LogP contribution < -0.4 is 10.6 Å². The van der Waals surface area contributed by atoms with Gasteiger partial charge in [-0.05, 0) is 30.9 Å². The van der Waals surface area contributed by atoms with Gasteiger partial charge in [-0.3, -0.25) is 4.99 Å². The van der Waals surface area contributed by atoms with Crippen LogP contribution >= 0.6 is 0 Å². The van der Waals surface area contributed by atoms with Crippen LogP contribution in [0.4, 0.5) is 19.0 Å². The molecule has 0 bridgehead atoms. The van der Waals surface area contributed by atoms with Crippen molar-refractivity contribution in [1.82, 2.24) is 15.2 Å². The molecule has 1 saturated heterocycles. The Kier molecular flexibility index (Phi) is 6.28. The third-order valence-corrected chi connectivity index (χ3v) is 3.98. The number of alkyl halides is 3. The van der Waals surface area contributed by atoms with Gasteiger partial charge in [-0.25, -0.2) is 4.98 Å². The van der Waals surface area contributed by atoms with E-state index in [2.05, 4.69) is 32.4 Å². The predicted molar refractivity (Wildman–Crippen MR) is 89.1 cm³/mol. The Morgan fingerprint density at radius 3 is 2.88 bits per heavy atom. The van der Waals surface area contributed by atoms with E-state index < -0.39 is 11.7 Å². The lowest BCUT2D eigenvalue weighted by molar-refractivity contribution is -0.137. The molecule has 8 heteroatoms. The van der Waals surface area contributed by atoms with Gasteiger partial charge in [-0.1, -0.05) is 6.92 Å². The van der Waals surface area contributed by atoms with E-state index in [9.17, 15) is 13.2 Å². The number of nitrogens with zero attached hydrogens (tertiary/aromatic N) is 3. The maximum absolute atomic E-state index is 12.9. The number of aliphatic imine (C=N–C) groups is 1. The summed E-state index contributed by atoms with van der Waals surface area (Å²) in [5, 5.41) is 5.94. The molecule has 0 aliphatic carbocycles. The normalized spacial score (nSPS) is 19.3. The minimum absolute atomic E-state index is 0.145. The van der Waals surface area contributed by atoms with Crippen molar-refractivity contribution in [3.63, 3.8) is 0 Å². The number of hydrogen-bond acceptors (Lipinski definition) is 3. The first-order chi connectivity index (χ1) is 11.4. The smallest absolute Gasteiger partial charge is 0.368 e. The standard InChI is InChI=1S/C16H24F3N5/c1-12-5-4-10-24(11-12)15(20-2)23-9-8-22-14-13(16(17,18)19)6-3-7-21-14/h3,6-7,12H,4-5,8-11H2,1-2H3,(H,20,23)(H,21,22). The highest BCUT2D eigenvalue weighted by Gasteiger charge is 2.33. The van der Waals surface area contributed by atoms with Crippen molar-refractivity contribution in [1.29, 1.82) is 0 Å². The molecule has 1 aromatic rings. The fourth-order valence-corrected chi connectivity index (χ4v) is 2.84. The van der Waals surface area contributed by atoms with Gasteiger partial charge in [-0.15, -0.1) is 0 Å². The fraction of sp³-hybridized carbons (Fsp3) is 0.625. The minimum atomic E-state index is -4.41. The predicted octanol–water partition coefficient (Wildman–Crippen LogP) is 2.82. The summed E-state index contributed by atoms with van der Waals surface area (Å²) in [4.78, 5) is 10.2. The SMILES string of the molecule is CN=C(NCCNc1ncccc1C(F)(F)F)N1CCCC(C)C1. The van der Waals surface area contributed by atoms with Crippen LogP contribution in [-0.2, 0) is 6.18 Å². The largest absolute Gasteiger partial charge is 0.419 e. The van der Waals surface area contributed by atoms with Gasteiger partial charge in [0.25, 0.3) is 0 Å². The molecule has 1 aliphatic rings.